The maximum atomic E-state index is 12.3. The fourth-order valence-corrected chi connectivity index (χ4v) is 7.07. The van der Waals surface area contributed by atoms with Crippen LogP contribution >= 0.6 is 0 Å². The smallest absolute Gasteiger partial charge is 0.158 e. The van der Waals surface area contributed by atoms with Crippen molar-refractivity contribution >= 4 is 5.78 Å². The summed E-state index contributed by atoms with van der Waals surface area (Å²) in [4.78, 5) is 12.3. The Morgan fingerprint density at radius 2 is 1.96 bits per heavy atom. The number of aliphatic hydroxyl groups excluding tert-OH is 1. The lowest BCUT2D eigenvalue weighted by Gasteiger charge is -2.58. The number of carbonyl (C=O) groups excluding carboxylic acids is 1. The van der Waals surface area contributed by atoms with Crippen molar-refractivity contribution in [1.82, 2.24) is 0 Å². The number of ketones is 1. The molecule has 0 aliphatic heterocycles. The molecule has 23 heavy (non-hydrogen) atoms. The Morgan fingerprint density at radius 3 is 2.70 bits per heavy atom. The molecule has 0 bridgehead atoms. The first-order valence-corrected chi connectivity index (χ1v) is 9.83. The summed E-state index contributed by atoms with van der Waals surface area (Å²) in [6, 6.07) is 0. The molecule has 0 spiro atoms. The van der Waals surface area contributed by atoms with Gasteiger partial charge in [0.25, 0.3) is 0 Å². The highest BCUT2D eigenvalue weighted by Gasteiger charge is 2.59. The monoisotopic (exact) mass is 316 g/mol. The average molecular weight is 316 g/mol. The minimum Gasteiger partial charge on any atom is -0.393 e. The van der Waals surface area contributed by atoms with E-state index in [1.807, 2.05) is 6.08 Å². The lowest BCUT2D eigenvalue weighted by molar-refractivity contribution is -0.123. The van der Waals surface area contributed by atoms with Crippen molar-refractivity contribution in [2.75, 3.05) is 0 Å². The predicted octanol–water partition coefficient (Wildman–Crippen LogP) is 4.52. The molecule has 7 atom stereocenters. The third-order valence-corrected chi connectivity index (χ3v) is 8.57. The topological polar surface area (TPSA) is 37.3 Å². The third kappa shape index (κ3) is 2.06. The zero-order chi connectivity index (χ0) is 16.4. The molecule has 0 amide bonds. The van der Waals surface area contributed by atoms with Gasteiger partial charge < -0.3 is 5.11 Å². The highest BCUT2D eigenvalue weighted by Crippen LogP contribution is 2.65. The lowest BCUT2D eigenvalue weighted by atomic mass is 9.46. The van der Waals surface area contributed by atoms with Crippen LogP contribution in [0.4, 0.5) is 0 Å². The number of rotatable bonds is 1. The van der Waals surface area contributed by atoms with Crippen LogP contribution in [-0.2, 0) is 4.79 Å². The Hall–Kier alpha value is -0.630. The van der Waals surface area contributed by atoms with Gasteiger partial charge in [-0.3, -0.25) is 4.79 Å². The van der Waals surface area contributed by atoms with E-state index < -0.39 is 0 Å². The van der Waals surface area contributed by atoms with Crippen molar-refractivity contribution in [2.45, 2.75) is 78.2 Å². The van der Waals surface area contributed by atoms with E-state index in [0.29, 0.717) is 11.7 Å². The van der Waals surface area contributed by atoms with E-state index in [2.05, 4.69) is 20.8 Å². The summed E-state index contributed by atoms with van der Waals surface area (Å²) in [5.41, 5.74) is 1.86. The number of aliphatic hydroxyl groups is 1. The van der Waals surface area contributed by atoms with E-state index in [0.717, 1.165) is 37.5 Å². The van der Waals surface area contributed by atoms with E-state index in [1.165, 1.54) is 31.3 Å². The molecule has 3 saturated carbocycles. The Bertz CT molecular complexity index is 550. The van der Waals surface area contributed by atoms with Gasteiger partial charge in [0.2, 0.25) is 0 Å². The second kappa shape index (κ2) is 5.18. The largest absolute Gasteiger partial charge is 0.393 e. The van der Waals surface area contributed by atoms with Crippen LogP contribution in [0.25, 0.3) is 0 Å². The maximum Gasteiger partial charge on any atom is 0.158 e. The highest BCUT2D eigenvalue weighted by atomic mass is 16.3. The molecule has 0 aromatic carbocycles. The van der Waals surface area contributed by atoms with Crippen molar-refractivity contribution in [3.05, 3.63) is 11.6 Å². The van der Waals surface area contributed by atoms with Gasteiger partial charge in [-0.15, -0.1) is 0 Å². The molecule has 3 fully saturated rings. The zero-order valence-electron chi connectivity index (χ0n) is 15.0. The van der Waals surface area contributed by atoms with Crippen molar-refractivity contribution in [1.29, 1.82) is 0 Å². The Balaban J connectivity index is 1.68. The zero-order valence-corrected chi connectivity index (χ0v) is 15.0. The molecule has 0 heterocycles. The summed E-state index contributed by atoms with van der Waals surface area (Å²) >= 11 is 0. The van der Waals surface area contributed by atoms with Gasteiger partial charge in [-0.25, -0.2) is 0 Å². The summed E-state index contributed by atoms with van der Waals surface area (Å²) in [7, 11) is 0. The highest BCUT2D eigenvalue weighted by molar-refractivity contribution is 5.93. The molecule has 4 aliphatic carbocycles. The first-order chi connectivity index (χ1) is 10.9. The minimum atomic E-state index is -0.0884. The minimum absolute atomic E-state index is 0.0884. The van der Waals surface area contributed by atoms with Crippen LogP contribution in [0.2, 0.25) is 0 Å². The molecule has 2 unspecified atom stereocenters. The van der Waals surface area contributed by atoms with Crippen LogP contribution < -0.4 is 0 Å². The summed E-state index contributed by atoms with van der Waals surface area (Å²) in [6.07, 6.45) is 11.0. The molecule has 0 aromatic rings. The summed E-state index contributed by atoms with van der Waals surface area (Å²) in [6.45, 7) is 6.97. The Kier molecular flexibility index (Phi) is 3.58. The molecular formula is C21H32O2. The molecule has 4 rings (SSSR count). The molecule has 2 nitrogen and oxygen atoms in total. The fraction of sp³-hybridized carbons (Fsp3) is 0.857. The van der Waals surface area contributed by atoms with Crippen LogP contribution in [0.5, 0.6) is 0 Å². The molecule has 2 heteroatoms. The summed E-state index contributed by atoms with van der Waals surface area (Å²) in [5, 5.41) is 10.5. The fourth-order valence-electron chi connectivity index (χ4n) is 7.07. The van der Waals surface area contributed by atoms with Gasteiger partial charge in [0.15, 0.2) is 5.78 Å². The molecule has 0 saturated heterocycles. The van der Waals surface area contributed by atoms with E-state index in [9.17, 15) is 9.90 Å². The number of carbonyl (C=O) groups is 1. The molecular weight excluding hydrogens is 284 g/mol. The van der Waals surface area contributed by atoms with Gasteiger partial charge in [-0.05, 0) is 86.0 Å². The number of hydrogen-bond acceptors (Lipinski definition) is 2. The van der Waals surface area contributed by atoms with Gasteiger partial charge >= 0.3 is 0 Å². The van der Waals surface area contributed by atoms with Gasteiger partial charge in [-0.1, -0.05) is 26.3 Å². The number of hydrogen-bond donors (Lipinski definition) is 1. The number of allylic oxidation sites excluding steroid dienone is 1. The van der Waals surface area contributed by atoms with Gasteiger partial charge in [0, 0.05) is 5.92 Å². The Labute approximate surface area is 140 Å². The predicted molar refractivity (Wildman–Crippen MR) is 91.9 cm³/mol. The second-order valence-corrected chi connectivity index (χ2v) is 9.35. The third-order valence-electron chi connectivity index (χ3n) is 8.57. The summed E-state index contributed by atoms with van der Waals surface area (Å²) in [5.74, 6) is 2.82. The molecule has 1 N–H and O–H groups in total. The van der Waals surface area contributed by atoms with Crippen LogP contribution in [0, 0.1) is 34.5 Å². The van der Waals surface area contributed by atoms with Gasteiger partial charge in [-0.2, -0.15) is 0 Å². The second-order valence-electron chi connectivity index (χ2n) is 9.35. The van der Waals surface area contributed by atoms with Crippen LogP contribution in [0.1, 0.15) is 72.1 Å². The Morgan fingerprint density at radius 1 is 1.17 bits per heavy atom. The number of fused-ring (bicyclic) bond motifs is 5. The van der Waals surface area contributed by atoms with Gasteiger partial charge in [0.1, 0.15) is 0 Å². The molecule has 0 radical (unpaired) electrons. The van der Waals surface area contributed by atoms with Crippen LogP contribution in [0.3, 0.4) is 0 Å². The molecule has 0 aromatic heterocycles. The van der Waals surface area contributed by atoms with E-state index in [-0.39, 0.29) is 22.9 Å². The molecule has 128 valence electrons. The first-order valence-electron chi connectivity index (χ1n) is 9.83. The van der Waals surface area contributed by atoms with Gasteiger partial charge in [0.05, 0.1) is 6.10 Å². The quantitative estimate of drug-likeness (QED) is 0.772. The SMILES string of the molecule is CCC1C[C@@]2(C)C(=CC1=O)CC[C@@H]1[C@H]2CC[C@]2(C)C(O)CC[C@@H]12. The van der Waals surface area contributed by atoms with Crippen molar-refractivity contribution < 1.29 is 9.90 Å². The van der Waals surface area contributed by atoms with E-state index in [1.54, 1.807) is 0 Å². The van der Waals surface area contributed by atoms with Crippen molar-refractivity contribution in [3.8, 4) is 0 Å². The standard InChI is InChI=1S/C21H32O2/c1-4-13-12-21(3)14(11-18(13)22)5-6-15-16-7-8-19(23)20(16,2)10-9-17(15)21/h11,13,15-17,19,23H,4-10,12H2,1-3H3/t13?,15-,16-,17+,19?,20-,21-/m0/s1. The summed E-state index contributed by atoms with van der Waals surface area (Å²) < 4.78 is 0. The van der Waals surface area contributed by atoms with Crippen LogP contribution in [0.15, 0.2) is 11.6 Å². The molecule has 4 aliphatic rings. The van der Waals surface area contributed by atoms with Crippen LogP contribution in [-0.4, -0.2) is 17.0 Å². The first kappa shape index (κ1) is 15.9. The average Bonchev–Trinajstić information content (AvgIpc) is 2.83. The van der Waals surface area contributed by atoms with E-state index >= 15 is 0 Å². The van der Waals surface area contributed by atoms with E-state index in [4.69, 9.17) is 0 Å². The van der Waals surface area contributed by atoms with Crippen molar-refractivity contribution in [2.24, 2.45) is 34.5 Å². The normalized spacial score (nSPS) is 52.4. The van der Waals surface area contributed by atoms with Crippen molar-refractivity contribution in [3.63, 3.8) is 0 Å². The maximum absolute atomic E-state index is 12.3. The lowest BCUT2D eigenvalue weighted by Crippen LogP contribution is -2.52.